The van der Waals surface area contributed by atoms with Crippen LogP contribution in [0, 0.1) is 5.41 Å². The molecule has 2 fully saturated rings. The molecule has 0 aromatic rings. The van der Waals surface area contributed by atoms with Crippen molar-refractivity contribution in [3.05, 3.63) is 0 Å². The van der Waals surface area contributed by atoms with Crippen LogP contribution in [-0.4, -0.2) is 66.1 Å². The molecule has 1 saturated heterocycles. The van der Waals surface area contributed by atoms with E-state index in [0.717, 1.165) is 19.3 Å². The highest BCUT2D eigenvalue weighted by Gasteiger charge is 2.44. The SMILES string of the molecule is COCCC1(CNC(=O)N2C[C@@H](O)C[C@H]2C(=O)O)CC1. The Morgan fingerprint density at radius 1 is 1.45 bits per heavy atom. The van der Waals surface area contributed by atoms with Crippen molar-refractivity contribution in [2.75, 3.05) is 26.8 Å². The molecule has 1 heterocycles. The number of aliphatic hydroxyl groups excluding tert-OH is 1. The maximum atomic E-state index is 12.1. The molecule has 2 rings (SSSR count). The first-order valence-electron chi connectivity index (χ1n) is 6.92. The van der Waals surface area contributed by atoms with Crippen LogP contribution in [0.4, 0.5) is 4.79 Å². The van der Waals surface area contributed by atoms with Gasteiger partial charge in [-0.2, -0.15) is 0 Å². The lowest BCUT2D eigenvalue weighted by molar-refractivity contribution is -0.141. The number of hydrogen-bond donors (Lipinski definition) is 3. The lowest BCUT2D eigenvalue weighted by Crippen LogP contribution is -2.47. The predicted molar refractivity (Wildman–Crippen MR) is 70.3 cm³/mol. The minimum absolute atomic E-state index is 0.0773. The lowest BCUT2D eigenvalue weighted by atomic mass is 10.0. The molecule has 20 heavy (non-hydrogen) atoms. The number of urea groups is 1. The second-order valence-electron chi connectivity index (χ2n) is 5.80. The Kier molecular flexibility index (Phi) is 4.49. The highest BCUT2D eigenvalue weighted by atomic mass is 16.5. The quantitative estimate of drug-likeness (QED) is 0.640. The minimum atomic E-state index is -1.07. The van der Waals surface area contributed by atoms with Gasteiger partial charge in [-0.05, 0) is 24.7 Å². The zero-order chi connectivity index (χ0) is 14.8. The van der Waals surface area contributed by atoms with Crippen molar-refractivity contribution in [3.8, 4) is 0 Å². The summed E-state index contributed by atoms with van der Waals surface area (Å²) in [6.45, 7) is 1.28. The molecule has 2 atom stereocenters. The fourth-order valence-electron chi connectivity index (χ4n) is 2.65. The number of carboxylic acids is 1. The Bertz CT molecular complexity index is 383. The molecule has 3 N–H and O–H groups in total. The van der Waals surface area contributed by atoms with E-state index in [0.29, 0.717) is 13.2 Å². The van der Waals surface area contributed by atoms with E-state index in [9.17, 15) is 14.7 Å². The summed E-state index contributed by atoms with van der Waals surface area (Å²) in [7, 11) is 1.65. The number of nitrogens with one attached hydrogen (secondary N) is 1. The molecule has 1 aliphatic carbocycles. The predicted octanol–water partition coefficient (Wildman–Crippen LogP) is 0.0325. The number of hydrogen-bond acceptors (Lipinski definition) is 4. The van der Waals surface area contributed by atoms with E-state index in [1.807, 2.05) is 0 Å². The Hall–Kier alpha value is -1.34. The zero-order valence-corrected chi connectivity index (χ0v) is 11.7. The minimum Gasteiger partial charge on any atom is -0.480 e. The fraction of sp³-hybridized carbons (Fsp3) is 0.846. The number of aliphatic carboxylic acids is 1. The monoisotopic (exact) mass is 286 g/mol. The van der Waals surface area contributed by atoms with Gasteiger partial charge in [0.05, 0.1) is 6.10 Å². The average molecular weight is 286 g/mol. The molecular formula is C13H22N2O5. The first-order chi connectivity index (χ1) is 9.47. The number of likely N-dealkylation sites (tertiary alicyclic amines) is 1. The largest absolute Gasteiger partial charge is 0.480 e. The van der Waals surface area contributed by atoms with Crippen LogP contribution >= 0.6 is 0 Å². The molecule has 2 amide bonds. The molecule has 0 radical (unpaired) electrons. The number of carbonyl (C=O) groups is 2. The van der Waals surface area contributed by atoms with Gasteiger partial charge in [-0.1, -0.05) is 0 Å². The molecule has 1 aliphatic heterocycles. The van der Waals surface area contributed by atoms with E-state index in [1.165, 1.54) is 4.90 Å². The topological polar surface area (TPSA) is 99.1 Å². The van der Waals surface area contributed by atoms with Gasteiger partial charge in [0.1, 0.15) is 6.04 Å². The summed E-state index contributed by atoms with van der Waals surface area (Å²) < 4.78 is 5.05. The van der Waals surface area contributed by atoms with Crippen LogP contribution in [0.1, 0.15) is 25.7 Å². The standard InChI is InChI=1S/C13H22N2O5/c1-20-5-4-13(2-3-13)8-14-12(19)15-7-9(16)6-10(15)11(17)18/h9-10,16H,2-8H2,1H3,(H,14,19)(H,17,18)/t9-,10-/m0/s1. The number of rotatable bonds is 6. The third-order valence-electron chi connectivity index (χ3n) is 4.23. The van der Waals surface area contributed by atoms with Crippen molar-refractivity contribution < 1.29 is 24.5 Å². The molecule has 1 saturated carbocycles. The Balaban J connectivity index is 1.84. The van der Waals surface area contributed by atoms with Crippen LogP contribution in [0.5, 0.6) is 0 Å². The first kappa shape index (κ1) is 15.1. The van der Waals surface area contributed by atoms with Crippen LogP contribution in [0.3, 0.4) is 0 Å². The van der Waals surface area contributed by atoms with E-state index in [4.69, 9.17) is 9.84 Å². The summed E-state index contributed by atoms with van der Waals surface area (Å²) >= 11 is 0. The summed E-state index contributed by atoms with van der Waals surface area (Å²) in [5.74, 6) is -1.07. The van der Waals surface area contributed by atoms with E-state index in [-0.39, 0.29) is 18.4 Å². The highest BCUT2D eigenvalue weighted by molar-refractivity contribution is 5.83. The Morgan fingerprint density at radius 2 is 2.15 bits per heavy atom. The molecule has 0 aromatic heterocycles. The Labute approximate surface area is 117 Å². The summed E-state index contributed by atoms with van der Waals surface area (Å²) in [4.78, 5) is 24.3. The van der Waals surface area contributed by atoms with Crippen molar-refractivity contribution in [1.29, 1.82) is 0 Å². The van der Waals surface area contributed by atoms with Gasteiger partial charge in [-0.3, -0.25) is 0 Å². The molecule has 7 heteroatoms. The fourth-order valence-corrected chi connectivity index (χ4v) is 2.65. The second-order valence-corrected chi connectivity index (χ2v) is 5.80. The van der Waals surface area contributed by atoms with E-state index in [2.05, 4.69) is 5.32 Å². The average Bonchev–Trinajstić information content (AvgIpc) is 3.07. The number of amides is 2. The van der Waals surface area contributed by atoms with Crippen LogP contribution < -0.4 is 5.32 Å². The first-order valence-corrected chi connectivity index (χ1v) is 6.92. The highest BCUT2D eigenvalue weighted by Crippen LogP contribution is 2.48. The van der Waals surface area contributed by atoms with Crippen LogP contribution in [0.2, 0.25) is 0 Å². The number of carbonyl (C=O) groups excluding carboxylic acids is 1. The van der Waals surface area contributed by atoms with E-state index < -0.39 is 24.1 Å². The van der Waals surface area contributed by atoms with Gasteiger partial charge in [-0.15, -0.1) is 0 Å². The number of nitrogens with zero attached hydrogens (tertiary/aromatic N) is 1. The normalized spacial score (nSPS) is 27.4. The van der Waals surface area contributed by atoms with Crippen molar-refractivity contribution in [1.82, 2.24) is 10.2 Å². The zero-order valence-electron chi connectivity index (χ0n) is 11.7. The van der Waals surface area contributed by atoms with Crippen LogP contribution in [0.15, 0.2) is 0 Å². The third kappa shape index (κ3) is 3.40. The third-order valence-corrected chi connectivity index (χ3v) is 4.23. The maximum absolute atomic E-state index is 12.1. The van der Waals surface area contributed by atoms with Crippen LogP contribution in [0.25, 0.3) is 0 Å². The number of methoxy groups -OCH3 is 1. The van der Waals surface area contributed by atoms with Crippen molar-refractivity contribution in [2.45, 2.75) is 37.8 Å². The summed E-state index contributed by atoms with van der Waals surface area (Å²) in [6.07, 6.45) is 2.35. The van der Waals surface area contributed by atoms with Gasteiger partial charge in [-0.25, -0.2) is 9.59 Å². The number of aliphatic hydroxyl groups is 1. The lowest BCUT2D eigenvalue weighted by Gasteiger charge is -2.23. The molecule has 0 unspecified atom stereocenters. The maximum Gasteiger partial charge on any atom is 0.326 e. The number of β-amino-alcohol motifs (C(OH)–C–C–N with tert-alkyl or cyclic N) is 1. The summed E-state index contributed by atoms with van der Waals surface area (Å²) in [5, 5.41) is 21.4. The van der Waals surface area contributed by atoms with Gasteiger partial charge in [0, 0.05) is 33.2 Å². The molecular weight excluding hydrogens is 264 g/mol. The van der Waals surface area contributed by atoms with Crippen molar-refractivity contribution >= 4 is 12.0 Å². The van der Waals surface area contributed by atoms with Gasteiger partial charge in [0.15, 0.2) is 0 Å². The Morgan fingerprint density at radius 3 is 2.70 bits per heavy atom. The smallest absolute Gasteiger partial charge is 0.326 e. The van der Waals surface area contributed by atoms with Crippen LogP contribution in [-0.2, 0) is 9.53 Å². The molecule has 7 nitrogen and oxygen atoms in total. The summed E-state index contributed by atoms with van der Waals surface area (Å²) in [6, 6.07) is -1.34. The van der Waals surface area contributed by atoms with Crippen molar-refractivity contribution in [3.63, 3.8) is 0 Å². The number of ether oxygens (including phenoxy) is 1. The molecule has 0 spiro atoms. The molecule has 114 valence electrons. The molecule has 0 aromatic carbocycles. The molecule has 2 aliphatic rings. The van der Waals surface area contributed by atoms with E-state index in [1.54, 1.807) is 7.11 Å². The van der Waals surface area contributed by atoms with Crippen molar-refractivity contribution in [2.24, 2.45) is 5.41 Å². The number of carboxylic acid groups (broad SMARTS) is 1. The van der Waals surface area contributed by atoms with E-state index >= 15 is 0 Å². The van der Waals surface area contributed by atoms with Gasteiger partial charge >= 0.3 is 12.0 Å². The van der Waals surface area contributed by atoms with Gasteiger partial charge in [0.2, 0.25) is 0 Å². The van der Waals surface area contributed by atoms with Gasteiger partial charge < -0.3 is 25.2 Å². The summed E-state index contributed by atoms with van der Waals surface area (Å²) in [5.41, 5.74) is 0.114. The van der Waals surface area contributed by atoms with Gasteiger partial charge in [0.25, 0.3) is 0 Å². The molecule has 0 bridgehead atoms. The second kappa shape index (κ2) is 5.97.